The molecule has 350 valence electrons. The maximum atomic E-state index is 14.9. The molecule has 0 amide bonds. The van der Waals surface area contributed by atoms with Crippen molar-refractivity contribution in [2.45, 2.75) is 105 Å². The first-order valence-corrected chi connectivity index (χ1v) is 24.3. The third-order valence-corrected chi connectivity index (χ3v) is 14.6. The molecule has 0 atom stereocenters. The first-order valence-electron chi connectivity index (χ1n) is 24.3. The van der Waals surface area contributed by atoms with Crippen molar-refractivity contribution in [2.24, 2.45) is 0 Å². The molecule has 2 aliphatic heterocycles. The monoisotopic (exact) mass is 920 g/mol. The summed E-state index contributed by atoms with van der Waals surface area (Å²) in [6, 6.07) is 28.9. The number of carbonyl (C=O) groups excluding carboxylic acids is 2. The lowest BCUT2D eigenvalue weighted by atomic mass is 9.78. The number of nitrogens with one attached hydrogen (secondary N) is 2. The van der Waals surface area contributed by atoms with Crippen molar-refractivity contribution in [3.8, 4) is 44.5 Å². The van der Waals surface area contributed by atoms with Crippen LogP contribution in [0, 0.1) is 0 Å². The molecule has 7 aromatic rings. The Hall–Kier alpha value is -7.58. The number of fused-ring (bicyclic) bond motifs is 12. The van der Waals surface area contributed by atoms with E-state index in [-0.39, 0.29) is 33.2 Å². The minimum Gasteiger partial charge on any atom is -0.396 e. The highest BCUT2D eigenvalue weighted by Gasteiger charge is 2.35. The highest BCUT2D eigenvalue weighted by atomic mass is 16.1. The number of aromatic amines is 2. The number of nitrogens with two attached hydrogens (primary N) is 2. The first-order chi connectivity index (χ1) is 32.9. The molecule has 0 radical (unpaired) electrons. The molecule has 8 heteroatoms. The molecule has 4 aliphatic rings. The summed E-state index contributed by atoms with van der Waals surface area (Å²) in [5.41, 5.74) is 32.6. The number of anilines is 2. The predicted molar refractivity (Wildman–Crippen MR) is 291 cm³/mol. The van der Waals surface area contributed by atoms with Gasteiger partial charge < -0.3 is 21.4 Å². The van der Waals surface area contributed by atoms with E-state index < -0.39 is 0 Å². The molecule has 8 nitrogen and oxygen atoms in total. The van der Waals surface area contributed by atoms with Crippen molar-refractivity contribution >= 4 is 69.3 Å². The van der Waals surface area contributed by atoms with Crippen molar-refractivity contribution in [3.63, 3.8) is 0 Å². The lowest BCUT2D eigenvalue weighted by Crippen LogP contribution is -2.16. The van der Waals surface area contributed by atoms with Gasteiger partial charge in [0.15, 0.2) is 11.6 Å². The third-order valence-electron chi connectivity index (χ3n) is 14.6. The van der Waals surface area contributed by atoms with Gasteiger partial charge in [0.1, 0.15) is 0 Å². The molecule has 2 aliphatic carbocycles. The molecule has 0 spiro atoms. The standard InChI is InChI=1S/C62H60N6O2/c1-59(2,3)33-25-31(26-34(29-33)60(4,5)6)45-41-21-22-42(65-41)46(32-27-35(61(7,8)9)30-36(28-32)62(10,11)12)56-52(64)50-54(68-56)48(38-18-14-16-20-40(38)58(50)70)44-24-23-43(66-44)47-37-17-13-15-19-39(37)57(69)49-51(63)55(45)67-53(47)49/h13-30,67-68H,63-64H2,1-12H3. The first kappa shape index (κ1) is 44.9. The van der Waals surface area contributed by atoms with Gasteiger partial charge in [0.25, 0.3) is 0 Å². The van der Waals surface area contributed by atoms with Gasteiger partial charge in [-0.2, -0.15) is 0 Å². The highest BCUT2D eigenvalue weighted by molar-refractivity contribution is 6.29. The quantitative estimate of drug-likeness (QED) is 0.136. The minimum atomic E-state index is -0.208. The fraction of sp³-hybridized carbons (Fsp3) is 0.258. The van der Waals surface area contributed by atoms with Gasteiger partial charge in [0, 0.05) is 33.4 Å². The second kappa shape index (κ2) is 15.0. The van der Waals surface area contributed by atoms with Crippen LogP contribution in [0.5, 0.6) is 0 Å². The summed E-state index contributed by atoms with van der Waals surface area (Å²) in [5.74, 6) is -0.324. The van der Waals surface area contributed by atoms with Gasteiger partial charge in [-0.1, -0.05) is 168 Å². The van der Waals surface area contributed by atoms with E-state index >= 15 is 0 Å². The van der Waals surface area contributed by atoms with E-state index in [9.17, 15) is 9.59 Å². The minimum absolute atomic E-state index is 0.162. The molecule has 11 rings (SSSR count). The van der Waals surface area contributed by atoms with E-state index in [0.717, 1.165) is 66.8 Å². The summed E-state index contributed by atoms with van der Waals surface area (Å²) in [7, 11) is 0. The molecule has 4 aromatic carbocycles. The zero-order valence-corrected chi connectivity index (χ0v) is 42.3. The molecule has 0 unspecified atom stereocenters. The van der Waals surface area contributed by atoms with Crippen LogP contribution in [0.25, 0.3) is 90.9 Å². The number of rotatable bonds is 2. The highest BCUT2D eigenvalue weighted by Crippen LogP contribution is 2.49. The number of hydrogen-bond acceptors (Lipinski definition) is 6. The lowest BCUT2D eigenvalue weighted by Gasteiger charge is -2.26. The summed E-state index contributed by atoms with van der Waals surface area (Å²) in [6.45, 7) is 26.7. The number of H-pyrrole nitrogens is 2. The van der Waals surface area contributed by atoms with Crippen LogP contribution in [0.2, 0.25) is 0 Å². The molecule has 0 fully saturated rings. The van der Waals surface area contributed by atoms with Crippen LogP contribution in [-0.4, -0.2) is 31.5 Å². The maximum Gasteiger partial charge on any atom is 0.197 e. The van der Waals surface area contributed by atoms with E-state index in [1.807, 2.05) is 72.8 Å². The predicted octanol–water partition coefficient (Wildman–Crippen LogP) is 14.8. The number of aromatic nitrogens is 4. The smallest absolute Gasteiger partial charge is 0.197 e. The van der Waals surface area contributed by atoms with Gasteiger partial charge in [-0.25, -0.2) is 9.97 Å². The van der Waals surface area contributed by atoms with Gasteiger partial charge in [-0.3, -0.25) is 9.59 Å². The molecule has 70 heavy (non-hydrogen) atoms. The topological polar surface area (TPSA) is 144 Å². The van der Waals surface area contributed by atoms with Crippen LogP contribution in [0.4, 0.5) is 11.4 Å². The molecular formula is C62H60N6O2. The zero-order valence-electron chi connectivity index (χ0n) is 42.3. The largest absolute Gasteiger partial charge is 0.396 e. The van der Waals surface area contributed by atoms with E-state index in [2.05, 4.69) is 129 Å². The lowest BCUT2D eigenvalue weighted by molar-refractivity contribution is 0.103. The second-order valence-electron chi connectivity index (χ2n) is 23.6. The van der Waals surface area contributed by atoms with Crippen LogP contribution in [0.3, 0.4) is 0 Å². The number of hydrogen-bond donors (Lipinski definition) is 4. The fourth-order valence-electron chi connectivity index (χ4n) is 10.5. The van der Waals surface area contributed by atoms with E-state index in [1.54, 1.807) is 0 Å². The summed E-state index contributed by atoms with van der Waals surface area (Å²) in [5, 5.41) is 0. The van der Waals surface area contributed by atoms with Crippen molar-refractivity contribution < 1.29 is 9.59 Å². The van der Waals surface area contributed by atoms with Crippen LogP contribution in [0.15, 0.2) is 84.9 Å². The molecule has 3 aromatic heterocycles. The van der Waals surface area contributed by atoms with Gasteiger partial charge in [-0.05, 0) is 90.5 Å². The average molecular weight is 921 g/mol. The van der Waals surface area contributed by atoms with Gasteiger partial charge in [-0.15, -0.1) is 0 Å². The summed E-state index contributed by atoms with van der Waals surface area (Å²) < 4.78 is 0. The van der Waals surface area contributed by atoms with Gasteiger partial charge >= 0.3 is 0 Å². The molecule has 0 saturated heterocycles. The number of nitrogens with zero attached hydrogens (tertiary/aromatic N) is 2. The van der Waals surface area contributed by atoms with E-state index in [4.69, 9.17) is 21.4 Å². The normalized spacial score (nSPS) is 14.1. The van der Waals surface area contributed by atoms with Crippen molar-refractivity contribution in [2.75, 3.05) is 11.5 Å². The van der Waals surface area contributed by atoms with Crippen LogP contribution in [0.1, 0.15) is 160 Å². The molecule has 0 saturated carbocycles. The molecule has 5 heterocycles. The van der Waals surface area contributed by atoms with Crippen LogP contribution < -0.4 is 11.5 Å². The SMILES string of the molecule is CC(C)(C)c1cc(-c2c3nc(c(-c4cc(C(C)(C)C)cc(C(C)(C)C)c4)c4[nH]c5c(c4N)C(=O)c4ccccc4-c5c4nc(c5c6[nH]c2c(N)c6C(=O)c2ccccc2-5)C=C4)C=C3)cc(C(C)(C)C)c1. The Morgan fingerprint density at radius 2 is 0.657 bits per heavy atom. The second-order valence-corrected chi connectivity index (χ2v) is 23.6. The third kappa shape index (κ3) is 6.85. The Morgan fingerprint density at radius 1 is 0.371 bits per heavy atom. The van der Waals surface area contributed by atoms with Crippen molar-refractivity contribution in [1.29, 1.82) is 0 Å². The zero-order chi connectivity index (χ0) is 49.7. The number of benzene rings is 4. The summed E-state index contributed by atoms with van der Waals surface area (Å²) >= 11 is 0. The summed E-state index contributed by atoms with van der Waals surface area (Å²) in [6.07, 6.45) is 8.08. The summed E-state index contributed by atoms with van der Waals surface area (Å²) in [4.78, 5) is 48.6. The molecule has 8 bridgehead atoms. The Bertz CT molecular complexity index is 3450. The fourth-order valence-corrected chi connectivity index (χ4v) is 10.5. The van der Waals surface area contributed by atoms with E-state index in [1.165, 1.54) is 0 Å². The number of carbonyl (C=O) groups is 2. The number of ketones is 2. The van der Waals surface area contributed by atoms with Crippen molar-refractivity contribution in [3.05, 3.63) is 152 Å². The molecular weight excluding hydrogens is 861 g/mol. The number of nitrogen functional groups attached to an aromatic ring is 2. The molecule has 6 N–H and O–H groups in total. The van der Waals surface area contributed by atoms with Gasteiger partial charge in [0.05, 0.1) is 67.3 Å². The Morgan fingerprint density at radius 3 is 0.957 bits per heavy atom. The van der Waals surface area contributed by atoms with Crippen molar-refractivity contribution in [1.82, 2.24) is 19.9 Å². The van der Waals surface area contributed by atoms with E-state index in [0.29, 0.717) is 78.5 Å². The Balaban J connectivity index is 1.42. The average Bonchev–Trinajstić information content (AvgIpc) is 4.10. The maximum absolute atomic E-state index is 14.9. The Labute approximate surface area is 410 Å². The van der Waals surface area contributed by atoms with Crippen LogP contribution in [-0.2, 0) is 21.7 Å². The van der Waals surface area contributed by atoms with Gasteiger partial charge in [0.2, 0.25) is 0 Å². The van der Waals surface area contributed by atoms with Crippen LogP contribution >= 0.6 is 0 Å². The Kier molecular flexibility index (Phi) is 9.60.